The third-order valence-electron chi connectivity index (χ3n) is 2.34. The summed E-state index contributed by atoms with van der Waals surface area (Å²) in [5.41, 5.74) is 2.14. The molecule has 14 heavy (non-hydrogen) atoms. The Morgan fingerprint density at radius 1 is 1.36 bits per heavy atom. The van der Waals surface area contributed by atoms with Crippen LogP contribution in [0.3, 0.4) is 0 Å². The van der Waals surface area contributed by atoms with Crippen molar-refractivity contribution in [3.05, 3.63) is 48.7 Å². The van der Waals surface area contributed by atoms with Gasteiger partial charge in [-0.15, -0.1) is 6.58 Å². The highest BCUT2D eigenvalue weighted by Gasteiger charge is 1.99. The molecule has 0 saturated heterocycles. The first kappa shape index (κ1) is 9.03. The van der Waals surface area contributed by atoms with Crippen LogP contribution in [0.2, 0.25) is 0 Å². The number of rotatable bonds is 3. The Bertz CT molecular complexity index is 456. The van der Waals surface area contributed by atoms with Gasteiger partial charge in [-0.25, -0.2) is 0 Å². The third-order valence-corrected chi connectivity index (χ3v) is 2.34. The Kier molecular flexibility index (Phi) is 2.37. The number of allylic oxidation sites excluding steroid dienone is 1. The number of fused-ring (bicyclic) bond motifs is 1. The van der Waals surface area contributed by atoms with Crippen LogP contribution in [0.5, 0.6) is 0 Å². The molecule has 72 valence electrons. The van der Waals surface area contributed by atoms with Crippen molar-refractivity contribution < 1.29 is 5.11 Å². The lowest BCUT2D eigenvalue weighted by Crippen LogP contribution is -1.91. The molecule has 0 aliphatic rings. The van der Waals surface area contributed by atoms with E-state index >= 15 is 0 Å². The maximum absolute atomic E-state index is 8.98. The Hall–Kier alpha value is -1.54. The first-order valence-corrected chi connectivity index (χ1v) is 4.64. The summed E-state index contributed by atoms with van der Waals surface area (Å²) in [6.07, 6.45) is 3.91. The normalized spacial score (nSPS) is 10.6. The fourth-order valence-corrected chi connectivity index (χ4v) is 1.65. The Morgan fingerprint density at radius 3 is 2.93 bits per heavy atom. The van der Waals surface area contributed by atoms with Crippen LogP contribution in [0, 0.1) is 0 Å². The van der Waals surface area contributed by atoms with Crippen LogP contribution >= 0.6 is 0 Å². The van der Waals surface area contributed by atoms with Crippen molar-refractivity contribution in [1.82, 2.24) is 4.57 Å². The van der Waals surface area contributed by atoms with Gasteiger partial charge in [0.25, 0.3) is 0 Å². The molecule has 0 atom stereocenters. The lowest BCUT2D eigenvalue weighted by atomic mass is 10.2. The summed E-state index contributed by atoms with van der Waals surface area (Å²) in [7, 11) is 0. The Balaban J connectivity index is 2.53. The van der Waals surface area contributed by atoms with Gasteiger partial charge < -0.3 is 9.67 Å². The molecule has 0 fully saturated rings. The lowest BCUT2D eigenvalue weighted by Gasteiger charge is -2.01. The second kappa shape index (κ2) is 3.68. The quantitative estimate of drug-likeness (QED) is 0.733. The SMILES string of the molecule is C=CCn1ccc2cc(CO)ccc21. The number of benzene rings is 1. The zero-order valence-corrected chi connectivity index (χ0v) is 7.98. The summed E-state index contributed by atoms with van der Waals surface area (Å²) in [6.45, 7) is 4.64. The predicted octanol–water partition coefficient (Wildman–Crippen LogP) is 2.32. The topological polar surface area (TPSA) is 25.2 Å². The van der Waals surface area contributed by atoms with E-state index in [9.17, 15) is 0 Å². The first-order chi connectivity index (χ1) is 6.85. The van der Waals surface area contributed by atoms with Crippen LogP contribution in [0.25, 0.3) is 10.9 Å². The van der Waals surface area contributed by atoms with Crippen molar-refractivity contribution in [3.8, 4) is 0 Å². The average Bonchev–Trinajstić information content (AvgIpc) is 2.61. The Morgan fingerprint density at radius 2 is 2.21 bits per heavy atom. The van der Waals surface area contributed by atoms with Gasteiger partial charge in [0.1, 0.15) is 0 Å². The molecule has 0 saturated carbocycles. The minimum Gasteiger partial charge on any atom is -0.392 e. The maximum Gasteiger partial charge on any atom is 0.0682 e. The summed E-state index contributed by atoms with van der Waals surface area (Å²) in [5.74, 6) is 0. The van der Waals surface area contributed by atoms with E-state index < -0.39 is 0 Å². The van der Waals surface area contributed by atoms with Crippen molar-refractivity contribution >= 4 is 10.9 Å². The van der Waals surface area contributed by atoms with Gasteiger partial charge in [0.15, 0.2) is 0 Å². The van der Waals surface area contributed by atoms with E-state index in [-0.39, 0.29) is 6.61 Å². The third kappa shape index (κ3) is 1.44. The van der Waals surface area contributed by atoms with Gasteiger partial charge in [0.05, 0.1) is 6.61 Å². The molecule has 0 bridgehead atoms. The highest BCUT2D eigenvalue weighted by Crippen LogP contribution is 2.17. The van der Waals surface area contributed by atoms with Gasteiger partial charge in [-0.1, -0.05) is 12.1 Å². The van der Waals surface area contributed by atoms with Crippen LogP contribution in [0.15, 0.2) is 43.1 Å². The second-order valence-electron chi connectivity index (χ2n) is 3.31. The van der Waals surface area contributed by atoms with E-state index in [1.807, 2.05) is 30.5 Å². The van der Waals surface area contributed by atoms with Crippen molar-refractivity contribution in [1.29, 1.82) is 0 Å². The number of hydrogen-bond donors (Lipinski definition) is 1. The van der Waals surface area contributed by atoms with Crippen molar-refractivity contribution in [2.75, 3.05) is 0 Å². The molecule has 1 heterocycles. The van der Waals surface area contributed by atoms with E-state index in [1.165, 1.54) is 10.9 Å². The molecule has 2 nitrogen and oxygen atoms in total. The summed E-state index contributed by atoms with van der Waals surface area (Å²) in [5, 5.41) is 10.1. The molecule has 2 rings (SSSR count). The van der Waals surface area contributed by atoms with E-state index in [4.69, 9.17) is 5.11 Å². The van der Waals surface area contributed by atoms with E-state index in [0.29, 0.717) is 0 Å². The molecule has 1 aromatic heterocycles. The van der Waals surface area contributed by atoms with Crippen molar-refractivity contribution in [2.24, 2.45) is 0 Å². The summed E-state index contributed by atoms with van der Waals surface area (Å²) < 4.78 is 2.13. The van der Waals surface area contributed by atoms with Gasteiger partial charge in [-0.2, -0.15) is 0 Å². The van der Waals surface area contributed by atoms with Gasteiger partial charge in [0, 0.05) is 18.3 Å². The molecular weight excluding hydrogens is 174 g/mol. The highest BCUT2D eigenvalue weighted by atomic mass is 16.3. The predicted molar refractivity (Wildman–Crippen MR) is 58.1 cm³/mol. The first-order valence-electron chi connectivity index (χ1n) is 4.64. The zero-order chi connectivity index (χ0) is 9.97. The van der Waals surface area contributed by atoms with Gasteiger partial charge in [-0.3, -0.25) is 0 Å². The average molecular weight is 187 g/mol. The molecule has 0 unspecified atom stereocenters. The minimum atomic E-state index is 0.0998. The molecule has 1 N–H and O–H groups in total. The molecule has 0 amide bonds. The number of aliphatic hydroxyl groups excluding tert-OH is 1. The highest BCUT2D eigenvalue weighted by molar-refractivity contribution is 5.80. The maximum atomic E-state index is 8.98. The van der Waals surface area contributed by atoms with E-state index in [2.05, 4.69) is 17.2 Å². The summed E-state index contributed by atoms with van der Waals surface area (Å²) in [4.78, 5) is 0. The minimum absolute atomic E-state index is 0.0998. The molecule has 1 aromatic carbocycles. The fraction of sp³-hybridized carbons (Fsp3) is 0.167. The van der Waals surface area contributed by atoms with Crippen LogP contribution in [0.4, 0.5) is 0 Å². The Labute approximate surface area is 83.1 Å². The molecular formula is C12H13NO. The van der Waals surface area contributed by atoms with Crippen LogP contribution < -0.4 is 0 Å². The van der Waals surface area contributed by atoms with E-state index in [1.54, 1.807) is 0 Å². The molecule has 0 radical (unpaired) electrons. The largest absolute Gasteiger partial charge is 0.392 e. The lowest BCUT2D eigenvalue weighted by molar-refractivity contribution is 0.282. The van der Waals surface area contributed by atoms with E-state index in [0.717, 1.165) is 12.1 Å². The number of hydrogen-bond acceptors (Lipinski definition) is 1. The fourth-order valence-electron chi connectivity index (χ4n) is 1.65. The summed E-state index contributed by atoms with van der Waals surface area (Å²) >= 11 is 0. The zero-order valence-electron chi connectivity index (χ0n) is 7.98. The van der Waals surface area contributed by atoms with Crippen molar-refractivity contribution in [2.45, 2.75) is 13.2 Å². The van der Waals surface area contributed by atoms with Crippen LogP contribution in [-0.2, 0) is 13.2 Å². The standard InChI is InChI=1S/C12H13NO/c1-2-6-13-7-5-11-8-10(9-14)3-4-12(11)13/h2-5,7-8,14H,1,6,9H2. The molecule has 2 heteroatoms. The molecule has 0 aliphatic heterocycles. The van der Waals surface area contributed by atoms with Gasteiger partial charge >= 0.3 is 0 Å². The molecule has 0 aliphatic carbocycles. The number of aromatic nitrogens is 1. The summed E-state index contributed by atoms with van der Waals surface area (Å²) in [6, 6.07) is 8.04. The number of nitrogens with zero attached hydrogens (tertiary/aromatic N) is 1. The second-order valence-corrected chi connectivity index (χ2v) is 3.31. The van der Waals surface area contributed by atoms with Crippen LogP contribution in [0.1, 0.15) is 5.56 Å². The number of aliphatic hydroxyl groups is 1. The monoisotopic (exact) mass is 187 g/mol. The van der Waals surface area contributed by atoms with Crippen molar-refractivity contribution in [3.63, 3.8) is 0 Å². The van der Waals surface area contributed by atoms with Gasteiger partial charge in [0.2, 0.25) is 0 Å². The van der Waals surface area contributed by atoms with Gasteiger partial charge in [-0.05, 0) is 29.1 Å². The smallest absolute Gasteiger partial charge is 0.0682 e. The molecule has 2 aromatic rings. The van der Waals surface area contributed by atoms with Crippen LogP contribution in [-0.4, -0.2) is 9.67 Å². The molecule has 0 spiro atoms.